The van der Waals surface area contributed by atoms with Gasteiger partial charge in [-0.15, -0.1) is 23.1 Å². The third kappa shape index (κ3) is 3.24. The lowest BCUT2D eigenvalue weighted by Gasteiger charge is -2.37. The number of thioether (sulfide) groups is 1. The molecule has 5 rings (SSSR count). The van der Waals surface area contributed by atoms with Crippen molar-refractivity contribution >= 4 is 39.7 Å². The van der Waals surface area contributed by atoms with Crippen molar-refractivity contribution in [1.29, 1.82) is 0 Å². The average Bonchev–Trinajstić information content (AvgIpc) is 3.38. The number of hydrogen-bond acceptors (Lipinski definition) is 7. The molecule has 142 valence electrons. The van der Waals surface area contributed by atoms with E-state index in [0.717, 1.165) is 45.7 Å². The summed E-state index contributed by atoms with van der Waals surface area (Å²) in [6, 6.07) is 8.07. The van der Waals surface area contributed by atoms with Crippen LogP contribution >= 0.6 is 23.1 Å². The van der Waals surface area contributed by atoms with E-state index in [2.05, 4.69) is 22.0 Å². The summed E-state index contributed by atoms with van der Waals surface area (Å²) in [7, 11) is 0. The van der Waals surface area contributed by atoms with E-state index >= 15 is 0 Å². The van der Waals surface area contributed by atoms with E-state index in [0.29, 0.717) is 26.3 Å². The lowest BCUT2D eigenvalue weighted by atomic mass is 10.0. The van der Waals surface area contributed by atoms with E-state index < -0.39 is 5.79 Å². The van der Waals surface area contributed by atoms with Gasteiger partial charge >= 0.3 is 0 Å². The largest absolute Gasteiger partial charge is 0.347 e. The van der Waals surface area contributed by atoms with Crippen molar-refractivity contribution in [2.45, 2.75) is 23.7 Å². The molecule has 0 radical (unpaired) electrons. The van der Waals surface area contributed by atoms with Crippen LogP contribution in [0.4, 0.5) is 10.7 Å². The molecular formula is C19H21N3O3S2. The number of ether oxygens (including phenoxy) is 2. The average molecular weight is 404 g/mol. The van der Waals surface area contributed by atoms with E-state index in [1.54, 1.807) is 23.1 Å². The van der Waals surface area contributed by atoms with Gasteiger partial charge in [-0.1, -0.05) is 0 Å². The Balaban J connectivity index is 1.31. The van der Waals surface area contributed by atoms with Crippen LogP contribution in [0.1, 0.15) is 22.5 Å². The predicted molar refractivity (Wildman–Crippen MR) is 106 cm³/mol. The normalized spacial score (nSPS) is 21.5. The maximum Gasteiger partial charge on any atom is 0.264 e. The van der Waals surface area contributed by atoms with Gasteiger partial charge in [0.1, 0.15) is 5.03 Å². The molecular weight excluding hydrogens is 382 g/mol. The first-order chi connectivity index (χ1) is 13.2. The molecule has 0 unspecified atom stereocenters. The molecule has 2 saturated heterocycles. The molecule has 2 fully saturated rings. The van der Waals surface area contributed by atoms with Gasteiger partial charge in [-0.3, -0.25) is 4.79 Å². The first-order valence-corrected chi connectivity index (χ1v) is 11.1. The highest BCUT2D eigenvalue weighted by Gasteiger charge is 2.41. The number of pyridine rings is 1. The minimum Gasteiger partial charge on any atom is -0.347 e. The van der Waals surface area contributed by atoms with Crippen LogP contribution in [0.2, 0.25) is 0 Å². The predicted octanol–water partition coefficient (Wildman–Crippen LogP) is 3.37. The van der Waals surface area contributed by atoms with Crippen molar-refractivity contribution in [2.75, 3.05) is 43.5 Å². The summed E-state index contributed by atoms with van der Waals surface area (Å²) in [5.41, 5.74) is 1.13. The van der Waals surface area contributed by atoms with Crippen LogP contribution in [0.25, 0.3) is 0 Å². The highest BCUT2D eigenvalue weighted by atomic mass is 32.2. The van der Waals surface area contributed by atoms with Crippen LogP contribution in [0.15, 0.2) is 35.5 Å². The van der Waals surface area contributed by atoms with E-state index in [-0.39, 0.29) is 5.91 Å². The highest BCUT2D eigenvalue weighted by molar-refractivity contribution is 7.99. The molecule has 0 aliphatic carbocycles. The minimum absolute atomic E-state index is 0.108. The smallest absolute Gasteiger partial charge is 0.264 e. The number of carbonyl (C=O) groups excluding carboxylic acids is 1. The van der Waals surface area contributed by atoms with Gasteiger partial charge in [-0.25, -0.2) is 4.98 Å². The number of fused-ring (bicyclic) bond motifs is 1. The van der Waals surface area contributed by atoms with Crippen molar-refractivity contribution in [3.05, 3.63) is 35.3 Å². The monoisotopic (exact) mass is 403 g/mol. The molecule has 27 heavy (non-hydrogen) atoms. The summed E-state index contributed by atoms with van der Waals surface area (Å²) in [6.45, 7) is 3.61. The molecule has 2 aromatic rings. The SMILES string of the molecule is O=C(c1ccc(N2CCSc3ncccc32)s1)N1CCC2(CC1)OCCO2. The van der Waals surface area contributed by atoms with Gasteiger partial charge in [0.15, 0.2) is 5.79 Å². The zero-order valence-corrected chi connectivity index (χ0v) is 16.6. The molecule has 5 heterocycles. The molecule has 6 nitrogen and oxygen atoms in total. The Hall–Kier alpha value is -1.61. The third-order valence-corrected chi connectivity index (χ3v) is 7.36. The van der Waals surface area contributed by atoms with Gasteiger partial charge in [0.2, 0.25) is 0 Å². The second-order valence-corrected chi connectivity index (χ2v) is 9.01. The summed E-state index contributed by atoms with van der Waals surface area (Å²) in [5, 5.41) is 2.16. The highest BCUT2D eigenvalue weighted by Crippen LogP contribution is 2.40. The van der Waals surface area contributed by atoms with E-state index in [9.17, 15) is 4.79 Å². The van der Waals surface area contributed by atoms with Crippen LogP contribution in [0, 0.1) is 0 Å². The number of thiophene rings is 1. The van der Waals surface area contributed by atoms with Gasteiger partial charge in [-0.2, -0.15) is 0 Å². The molecule has 0 bridgehead atoms. The Morgan fingerprint density at radius 1 is 1.11 bits per heavy atom. The van der Waals surface area contributed by atoms with Gasteiger partial charge in [0, 0.05) is 44.4 Å². The second-order valence-electron chi connectivity index (χ2n) is 6.87. The van der Waals surface area contributed by atoms with E-state index in [4.69, 9.17) is 9.47 Å². The molecule has 3 aliphatic heterocycles. The van der Waals surface area contributed by atoms with Crippen molar-refractivity contribution in [2.24, 2.45) is 0 Å². The summed E-state index contributed by atoms with van der Waals surface area (Å²) in [6.07, 6.45) is 3.33. The summed E-state index contributed by atoms with van der Waals surface area (Å²) in [5.74, 6) is 0.663. The maximum atomic E-state index is 13.0. The molecule has 0 N–H and O–H groups in total. The maximum absolute atomic E-state index is 13.0. The molecule has 0 aromatic carbocycles. The molecule has 1 amide bonds. The second kappa shape index (κ2) is 7.09. The van der Waals surface area contributed by atoms with Crippen LogP contribution in [0.5, 0.6) is 0 Å². The fourth-order valence-corrected chi connectivity index (χ4v) is 5.80. The molecule has 0 atom stereocenters. The molecule has 0 saturated carbocycles. The number of nitrogens with zero attached hydrogens (tertiary/aromatic N) is 3. The molecule has 8 heteroatoms. The number of anilines is 2. The van der Waals surface area contributed by atoms with Crippen molar-refractivity contribution in [3.63, 3.8) is 0 Å². The number of piperidine rings is 1. The number of carbonyl (C=O) groups is 1. The Morgan fingerprint density at radius 3 is 2.74 bits per heavy atom. The minimum atomic E-state index is -0.445. The zero-order chi connectivity index (χ0) is 18.3. The Morgan fingerprint density at radius 2 is 1.93 bits per heavy atom. The Kier molecular flexibility index (Phi) is 4.59. The molecule has 2 aromatic heterocycles. The number of likely N-dealkylation sites (tertiary alicyclic amines) is 1. The van der Waals surface area contributed by atoms with Crippen molar-refractivity contribution in [1.82, 2.24) is 9.88 Å². The van der Waals surface area contributed by atoms with Gasteiger partial charge in [0.05, 0.1) is 28.8 Å². The molecule has 1 spiro atoms. The van der Waals surface area contributed by atoms with Crippen molar-refractivity contribution in [3.8, 4) is 0 Å². The summed E-state index contributed by atoms with van der Waals surface area (Å²) >= 11 is 3.35. The lowest BCUT2D eigenvalue weighted by Crippen LogP contribution is -2.47. The first kappa shape index (κ1) is 17.5. The van der Waals surface area contributed by atoms with Gasteiger partial charge in [-0.05, 0) is 24.3 Å². The number of aromatic nitrogens is 1. The quantitative estimate of drug-likeness (QED) is 0.766. The van der Waals surface area contributed by atoms with Crippen molar-refractivity contribution < 1.29 is 14.3 Å². The van der Waals surface area contributed by atoms with Crippen LogP contribution in [0.3, 0.4) is 0 Å². The van der Waals surface area contributed by atoms with Crippen LogP contribution in [-0.4, -0.2) is 60.2 Å². The van der Waals surface area contributed by atoms with Crippen LogP contribution < -0.4 is 4.90 Å². The fourth-order valence-electron chi connectivity index (χ4n) is 3.86. The standard InChI is InChI=1S/C19H21N3O3S2/c23-18(21-8-5-19(6-9-21)24-11-12-25-19)15-3-4-16(27-15)22-10-13-26-17-14(22)2-1-7-20-17/h1-4,7H,5-6,8-13H2. The number of amides is 1. The van der Waals surface area contributed by atoms with E-state index in [1.807, 2.05) is 23.2 Å². The van der Waals surface area contributed by atoms with Gasteiger partial charge < -0.3 is 19.3 Å². The lowest BCUT2D eigenvalue weighted by molar-refractivity contribution is -0.181. The van der Waals surface area contributed by atoms with Crippen LogP contribution in [-0.2, 0) is 9.47 Å². The number of hydrogen-bond donors (Lipinski definition) is 0. The summed E-state index contributed by atoms with van der Waals surface area (Å²) < 4.78 is 11.5. The topological polar surface area (TPSA) is 54.9 Å². The molecule has 3 aliphatic rings. The first-order valence-electron chi connectivity index (χ1n) is 9.27. The Labute approximate surface area is 166 Å². The van der Waals surface area contributed by atoms with E-state index in [1.165, 1.54) is 0 Å². The third-order valence-electron chi connectivity index (χ3n) is 5.29. The Bertz CT molecular complexity index is 840. The van der Waals surface area contributed by atoms with Gasteiger partial charge in [0.25, 0.3) is 5.91 Å². The fraction of sp³-hybridized carbons (Fsp3) is 0.474. The number of rotatable bonds is 2. The zero-order valence-electron chi connectivity index (χ0n) is 14.9. The summed E-state index contributed by atoms with van der Waals surface area (Å²) in [4.78, 5) is 22.4.